The molecule has 1 aromatic heterocycles. The molecule has 0 spiro atoms. The van der Waals surface area contributed by atoms with E-state index in [1.807, 2.05) is 29.4 Å². The lowest BCUT2D eigenvalue weighted by Gasteiger charge is -2.46. The Kier molecular flexibility index (Phi) is 4.43. The summed E-state index contributed by atoms with van der Waals surface area (Å²) >= 11 is 0. The predicted molar refractivity (Wildman–Crippen MR) is 124 cm³/mol. The van der Waals surface area contributed by atoms with Crippen LogP contribution in [0.15, 0.2) is 64.1 Å². The number of piperazine rings is 1. The van der Waals surface area contributed by atoms with E-state index >= 15 is 0 Å². The standard InChI is InChI=1S/C24H28N7O/c1-16(32)29-7-9-30(10-8-29)19-12-18(13-19)23-22-15-26-6-11-31(22,25)24(28-23)21-14-17-4-2-3-5-20(17)27-21/h2-6,11,14-15,18-19,27H,7-10,12-13,25H2,1H3/q+1. The van der Waals surface area contributed by atoms with Crippen molar-refractivity contribution in [1.82, 2.24) is 14.8 Å². The number of fused-ring (bicyclic) bond motifs is 2. The maximum absolute atomic E-state index is 11.6. The van der Waals surface area contributed by atoms with E-state index in [4.69, 9.17) is 10.8 Å². The molecule has 6 rings (SSSR count). The van der Waals surface area contributed by atoms with Crippen molar-refractivity contribution in [2.45, 2.75) is 25.8 Å². The Hall–Kier alpha value is -3.07. The molecule has 4 aliphatic rings. The van der Waals surface area contributed by atoms with Crippen molar-refractivity contribution in [3.05, 3.63) is 59.8 Å². The molecule has 1 unspecified atom stereocenters. The van der Waals surface area contributed by atoms with Crippen LogP contribution in [0.1, 0.15) is 25.5 Å². The number of nitrogens with zero attached hydrogens (tertiary/aromatic N) is 5. The van der Waals surface area contributed by atoms with Gasteiger partial charge >= 0.3 is 0 Å². The lowest BCUT2D eigenvalue weighted by molar-refractivity contribution is -0.750. The minimum atomic E-state index is 0.0596. The number of amidine groups is 1. The molecule has 1 aromatic carbocycles. The van der Waals surface area contributed by atoms with Crippen LogP contribution in [0.4, 0.5) is 0 Å². The van der Waals surface area contributed by atoms with E-state index in [-0.39, 0.29) is 10.5 Å². The van der Waals surface area contributed by atoms with Crippen LogP contribution in [-0.4, -0.2) is 69.6 Å². The molecule has 3 N–H and O–H groups in total. The number of para-hydroxylation sites is 1. The zero-order valence-corrected chi connectivity index (χ0v) is 18.2. The van der Waals surface area contributed by atoms with Crippen LogP contribution in [0.2, 0.25) is 0 Å². The van der Waals surface area contributed by atoms with Crippen LogP contribution in [0.5, 0.6) is 0 Å². The first-order valence-electron chi connectivity index (χ1n) is 11.3. The van der Waals surface area contributed by atoms with Gasteiger partial charge in [0.1, 0.15) is 17.6 Å². The maximum atomic E-state index is 11.6. The normalized spacial score (nSPS) is 29.9. The molecule has 0 bridgehead atoms. The zero-order chi connectivity index (χ0) is 21.9. The number of quaternary nitrogens is 1. The molecule has 1 saturated carbocycles. The van der Waals surface area contributed by atoms with Gasteiger partial charge in [-0.2, -0.15) is 10.8 Å². The molecule has 4 heterocycles. The van der Waals surface area contributed by atoms with Crippen molar-refractivity contribution in [3.63, 3.8) is 0 Å². The number of hydrogen-bond acceptors (Lipinski definition) is 5. The minimum absolute atomic E-state index is 0.0596. The number of nitrogens with one attached hydrogen (secondary N) is 1. The fourth-order valence-electron chi connectivity index (χ4n) is 5.39. The summed E-state index contributed by atoms with van der Waals surface area (Å²) in [5.41, 5.74) is 4.05. The average Bonchev–Trinajstić information content (AvgIpc) is 3.32. The molecule has 1 amide bonds. The quantitative estimate of drug-likeness (QED) is 0.579. The molecule has 1 atom stereocenters. The molecule has 0 radical (unpaired) electrons. The van der Waals surface area contributed by atoms with Crippen LogP contribution in [0.25, 0.3) is 10.9 Å². The molecule has 8 heteroatoms. The third kappa shape index (κ3) is 2.98. The van der Waals surface area contributed by atoms with Gasteiger partial charge < -0.3 is 9.88 Å². The Labute approximate surface area is 187 Å². The highest BCUT2D eigenvalue weighted by Gasteiger charge is 2.49. The van der Waals surface area contributed by atoms with Crippen LogP contribution >= 0.6 is 0 Å². The maximum Gasteiger partial charge on any atom is 0.281 e. The van der Waals surface area contributed by atoms with E-state index in [1.165, 1.54) is 0 Å². The molecule has 164 valence electrons. The topological polar surface area (TPSA) is 90.1 Å². The van der Waals surface area contributed by atoms with E-state index < -0.39 is 0 Å². The lowest BCUT2D eigenvalue weighted by atomic mass is 9.76. The summed E-state index contributed by atoms with van der Waals surface area (Å²) in [4.78, 5) is 29.0. The highest BCUT2D eigenvalue weighted by Crippen LogP contribution is 2.44. The first-order chi connectivity index (χ1) is 15.5. The number of H-pyrrole nitrogens is 1. The van der Waals surface area contributed by atoms with Gasteiger partial charge in [-0.05, 0) is 25.0 Å². The van der Waals surface area contributed by atoms with Crippen molar-refractivity contribution in [3.8, 4) is 0 Å². The Balaban J connectivity index is 1.24. The number of carbonyl (C=O) groups excluding carboxylic acids is 1. The Morgan fingerprint density at radius 1 is 1.19 bits per heavy atom. The largest absolute Gasteiger partial charge is 0.349 e. The number of benzene rings is 1. The van der Waals surface area contributed by atoms with E-state index in [2.05, 4.69) is 33.1 Å². The summed E-state index contributed by atoms with van der Waals surface area (Å²) in [6, 6.07) is 10.9. The van der Waals surface area contributed by atoms with Gasteiger partial charge in [0, 0.05) is 56.0 Å². The first-order valence-corrected chi connectivity index (χ1v) is 11.3. The molecule has 2 aromatic rings. The van der Waals surface area contributed by atoms with E-state index in [0.717, 1.165) is 72.8 Å². The van der Waals surface area contributed by atoms with Gasteiger partial charge in [-0.1, -0.05) is 18.2 Å². The van der Waals surface area contributed by atoms with Gasteiger partial charge in [-0.15, -0.1) is 4.59 Å². The van der Waals surface area contributed by atoms with E-state index in [1.54, 1.807) is 13.1 Å². The van der Waals surface area contributed by atoms with Crippen LogP contribution in [-0.2, 0) is 4.79 Å². The summed E-state index contributed by atoms with van der Waals surface area (Å²) in [5, 5.41) is 1.15. The smallest absolute Gasteiger partial charge is 0.281 e. The number of carbonyl (C=O) groups is 1. The van der Waals surface area contributed by atoms with Crippen molar-refractivity contribution < 1.29 is 9.39 Å². The molecule has 32 heavy (non-hydrogen) atoms. The van der Waals surface area contributed by atoms with Crippen molar-refractivity contribution in [2.24, 2.45) is 21.7 Å². The number of aromatic amines is 1. The number of amides is 1. The number of allylic oxidation sites excluding steroid dienone is 2. The summed E-state index contributed by atoms with van der Waals surface area (Å²) in [6.45, 7) is 5.21. The SMILES string of the molecule is CC(=O)N1CCN(C2CC(C3=C4C=NC=C[N+]4(N)C(c4cc5ccccc5[nH]4)=N3)C2)CC1. The van der Waals surface area contributed by atoms with Crippen LogP contribution < -0.4 is 5.84 Å². The monoisotopic (exact) mass is 430 g/mol. The number of aliphatic imine (C=N–C) groups is 2. The molecule has 2 fully saturated rings. The number of nitrogens with two attached hydrogens (primary N) is 1. The highest BCUT2D eigenvalue weighted by atomic mass is 16.2. The van der Waals surface area contributed by atoms with Gasteiger partial charge in [0.25, 0.3) is 5.84 Å². The molecule has 3 aliphatic heterocycles. The number of aromatic nitrogens is 1. The molecular weight excluding hydrogens is 402 g/mol. The first kappa shape index (κ1) is 19.6. The van der Waals surface area contributed by atoms with Crippen LogP contribution in [0.3, 0.4) is 0 Å². The van der Waals surface area contributed by atoms with Gasteiger partial charge in [-0.25, -0.2) is 0 Å². The van der Waals surface area contributed by atoms with Gasteiger partial charge in [-0.3, -0.25) is 14.7 Å². The Morgan fingerprint density at radius 2 is 1.97 bits per heavy atom. The van der Waals surface area contributed by atoms with Gasteiger partial charge in [0.15, 0.2) is 0 Å². The van der Waals surface area contributed by atoms with Crippen molar-refractivity contribution in [1.29, 1.82) is 0 Å². The van der Waals surface area contributed by atoms with Gasteiger partial charge in [0.2, 0.25) is 11.6 Å². The molecule has 1 saturated heterocycles. The Bertz CT molecular complexity index is 1170. The lowest BCUT2D eigenvalue weighted by Crippen LogP contribution is -2.55. The van der Waals surface area contributed by atoms with Gasteiger partial charge in [0.05, 0.1) is 12.4 Å². The summed E-state index contributed by atoms with van der Waals surface area (Å²) in [6.07, 6.45) is 7.67. The summed E-state index contributed by atoms with van der Waals surface area (Å²) in [5.74, 6) is 8.26. The fourth-order valence-corrected chi connectivity index (χ4v) is 5.39. The second kappa shape index (κ2) is 7.23. The van der Waals surface area contributed by atoms with E-state index in [0.29, 0.717) is 12.0 Å². The second-order valence-corrected chi connectivity index (χ2v) is 9.19. The van der Waals surface area contributed by atoms with Crippen molar-refractivity contribution >= 4 is 28.9 Å². The van der Waals surface area contributed by atoms with Crippen molar-refractivity contribution in [2.75, 3.05) is 26.2 Å². The second-order valence-electron chi connectivity index (χ2n) is 9.19. The predicted octanol–water partition coefficient (Wildman–Crippen LogP) is 2.33. The Morgan fingerprint density at radius 3 is 2.72 bits per heavy atom. The highest BCUT2D eigenvalue weighted by molar-refractivity contribution is 6.02. The minimum Gasteiger partial charge on any atom is -0.349 e. The number of hydrogen-bond donors (Lipinski definition) is 2. The van der Waals surface area contributed by atoms with E-state index in [9.17, 15) is 4.79 Å². The third-order valence-electron chi connectivity index (χ3n) is 7.37. The average molecular weight is 431 g/mol. The zero-order valence-electron chi connectivity index (χ0n) is 18.2. The number of rotatable bonds is 3. The summed E-state index contributed by atoms with van der Waals surface area (Å²) < 4.78 is 0.0596. The molecule has 1 aliphatic carbocycles. The van der Waals surface area contributed by atoms with Crippen LogP contribution in [0, 0.1) is 5.92 Å². The summed E-state index contributed by atoms with van der Waals surface area (Å²) in [7, 11) is 0. The third-order valence-corrected chi connectivity index (χ3v) is 7.37. The fraction of sp³-hybridized carbons (Fsp3) is 0.375. The molecular formula is C24H28N7O+. The molecule has 8 nitrogen and oxygen atoms in total.